The molecular weight excluding hydrogens is 546 g/mol. The van der Waals surface area contributed by atoms with Crippen molar-refractivity contribution in [1.82, 2.24) is 4.57 Å². The highest BCUT2D eigenvalue weighted by molar-refractivity contribution is 7.07. The highest BCUT2D eigenvalue weighted by Gasteiger charge is 2.32. The van der Waals surface area contributed by atoms with Crippen LogP contribution in [0.3, 0.4) is 0 Å². The van der Waals surface area contributed by atoms with E-state index in [-0.39, 0.29) is 11.5 Å². The molecule has 1 N–H and O–H groups in total. The van der Waals surface area contributed by atoms with Crippen molar-refractivity contribution in [3.8, 4) is 11.5 Å². The van der Waals surface area contributed by atoms with E-state index in [9.17, 15) is 9.59 Å². The van der Waals surface area contributed by atoms with Gasteiger partial charge in [-0.05, 0) is 74.9 Å². The molecule has 0 radical (unpaired) electrons. The summed E-state index contributed by atoms with van der Waals surface area (Å²) in [5.74, 6) is 1.01. The molecule has 0 bridgehead atoms. The molecule has 4 aromatic rings. The molecule has 1 aliphatic rings. The van der Waals surface area contributed by atoms with Crippen LogP contribution in [0.1, 0.15) is 37.9 Å². The number of hydrogen-bond donors (Lipinski definition) is 1. The van der Waals surface area contributed by atoms with Crippen molar-refractivity contribution in [2.24, 2.45) is 4.99 Å². The fraction of sp³-hybridized carbons (Fsp3) is 0.194. The summed E-state index contributed by atoms with van der Waals surface area (Å²) in [7, 11) is 0. The number of carbonyl (C=O) groups excluding carboxylic acids is 1. The first kappa shape index (κ1) is 27.4. The number of hydrogen-bond acceptors (Lipinski definition) is 6. The molecule has 1 amide bonds. The van der Waals surface area contributed by atoms with Crippen LogP contribution in [0.2, 0.25) is 5.02 Å². The van der Waals surface area contributed by atoms with Gasteiger partial charge in [0.1, 0.15) is 11.5 Å². The highest BCUT2D eigenvalue weighted by Crippen LogP contribution is 2.32. The van der Waals surface area contributed by atoms with E-state index >= 15 is 0 Å². The van der Waals surface area contributed by atoms with Gasteiger partial charge in [-0.2, -0.15) is 0 Å². The lowest BCUT2D eigenvalue weighted by molar-refractivity contribution is -0.113. The number of allylic oxidation sites excluding steroid dienone is 1. The van der Waals surface area contributed by atoms with Crippen molar-refractivity contribution in [2.75, 3.05) is 18.5 Å². The van der Waals surface area contributed by atoms with E-state index in [0.29, 0.717) is 61.6 Å². The quantitative estimate of drug-likeness (QED) is 0.309. The minimum absolute atomic E-state index is 0.262. The number of benzene rings is 3. The van der Waals surface area contributed by atoms with Gasteiger partial charge < -0.3 is 14.8 Å². The second-order valence-electron chi connectivity index (χ2n) is 9.02. The van der Waals surface area contributed by atoms with Crippen LogP contribution >= 0.6 is 22.9 Å². The Morgan fingerprint density at radius 3 is 2.48 bits per heavy atom. The number of halogens is 1. The molecule has 2 heterocycles. The number of thiazole rings is 1. The predicted octanol–water partition coefficient (Wildman–Crippen LogP) is 5.32. The first-order valence-electron chi connectivity index (χ1n) is 12.9. The van der Waals surface area contributed by atoms with Gasteiger partial charge in [-0.1, -0.05) is 53.3 Å². The zero-order chi connectivity index (χ0) is 28.2. The first-order valence-corrected chi connectivity index (χ1v) is 14.1. The third kappa shape index (κ3) is 5.59. The van der Waals surface area contributed by atoms with E-state index in [2.05, 4.69) is 5.32 Å². The van der Waals surface area contributed by atoms with Gasteiger partial charge in [0.2, 0.25) is 0 Å². The smallest absolute Gasteiger partial charge is 0.271 e. The Balaban J connectivity index is 1.67. The number of nitrogens with zero attached hydrogens (tertiary/aromatic N) is 2. The molecule has 0 saturated carbocycles. The standard InChI is InChI=1S/C31H28ClN3O4S/c1-4-38-24-14-11-20(12-15-24)28-27(29(36)34-23-9-7-6-8-10-23)19(3)33-31-35(28)30(37)26(40-31)18-21-17-22(32)13-16-25(21)39-5-2/h6-18,28H,4-5H2,1-3H3,(H,34,36)/b26-18-/t28-/m0/s1. The SMILES string of the molecule is CCOc1ccc([C@H]2C(C(=O)Nc3ccccc3)=C(C)N=c3s/c(=C\c4cc(Cl)ccc4OCC)c(=O)n32)cc1. The maximum atomic E-state index is 14.0. The van der Waals surface area contributed by atoms with Gasteiger partial charge >= 0.3 is 0 Å². The molecule has 40 heavy (non-hydrogen) atoms. The average molecular weight is 574 g/mol. The van der Waals surface area contributed by atoms with Gasteiger partial charge in [-0.15, -0.1) is 0 Å². The Hall–Kier alpha value is -4.14. The number of rotatable bonds is 8. The number of anilines is 1. The van der Waals surface area contributed by atoms with Crippen molar-refractivity contribution in [2.45, 2.75) is 26.8 Å². The molecule has 5 rings (SSSR count). The number of aromatic nitrogens is 1. The molecule has 1 atom stereocenters. The summed E-state index contributed by atoms with van der Waals surface area (Å²) >= 11 is 7.53. The number of amides is 1. The minimum Gasteiger partial charge on any atom is -0.494 e. The first-order chi connectivity index (χ1) is 19.4. The minimum atomic E-state index is -0.691. The fourth-order valence-corrected chi connectivity index (χ4v) is 5.84. The lowest BCUT2D eigenvalue weighted by Gasteiger charge is -2.25. The number of fused-ring (bicyclic) bond motifs is 1. The molecule has 0 saturated heterocycles. The van der Waals surface area contributed by atoms with Crippen molar-refractivity contribution in [1.29, 1.82) is 0 Å². The van der Waals surface area contributed by atoms with Crippen LogP contribution in [0.5, 0.6) is 11.5 Å². The van der Waals surface area contributed by atoms with E-state index in [4.69, 9.17) is 26.1 Å². The van der Waals surface area contributed by atoms with E-state index < -0.39 is 6.04 Å². The summed E-state index contributed by atoms with van der Waals surface area (Å²) in [6, 6.07) is 21.3. The van der Waals surface area contributed by atoms with Gasteiger partial charge in [0, 0.05) is 16.3 Å². The van der Waals surface area contributed by atoms with Crippen molar-refractivity contribution < 1.29 is 14.3 Å². The van der Waals surface area contributed by atoms with Crippen LogP contribution in [0.4, 0.5) is 5.69 Å². The van der Waals surface area contributed by atoms with Gasteiger partial charge in [-0.3, -0.25) is 14.2 Å². The third-order valence-electron chi connectivity index (χ3n) is 6.36. The van der Waals surface area contributed by atoms with Gasteiger partial charge in [0.15, 0.2) is 4.80 Å². The van der Waals surface area contributed by atoms with E-state index in [1.165, 1.54) is 11.3 Å². The second-order valence-corrected chi connectivity index (χ2v) is 10.5. The topological polar surface area (TPSA) is 81.9 Å². The summed E-state index contributed by atoms with van der Waals surface area (Å²) < 4.78 is 13.4. The molecule has 3 aromatic carbocycles. The average Bonchev–Trinajstić information content (AvgIpc) is 3.24. The largest absolute Gasteiger partial charge is 0.494 e. The van der Waals surface area contributed by atoms with Gasteiger partial charge in [0.05, 0.1) is 35.1 Å². The summed E-state index contributed by atoms with van der Waals surface area (Å²) in [6.07, 6.45) is 1.76. The molecule has 1 aromatic heterocycles. The molecular formula is C31H28ClN3O4S. The van der Waals surface area contributed by atoms with Crippen molar-refractivity contribution in [3.05, 3.63) is 120 Å². The van der Waals surface area contributed by atoms with Crippen LogP contribution in [-0.2, 0) is 4.79 Å². The Bertz CT molecular complexity index is 1760. The summed E-state index contributed by atoms with van der Waals surface area (Å²) in [4.78, 5) is 32.9. The molecule has 0 fully saturated rings. The van der Waals surface area contributed by atoms with Crippen LogP contribution in [0, 0.1) is 0 Å². The summed E-state index contributed by atoms with van der Waals surface area (Å²) in [5, 5.41) is 3.50. The fourth-order valence-electron chi connectivity index (χ4n) is 4.62. The zero-order valence-corrected chi connectivity index (χ0v) is 23.9. The lowest BCUT2D eigenvalue weighted by atomic mass is 9.95. The zero-order valence-electron chi connectivity index (χ0n) is 22.3. The highest BCUT2D eigenvalue weighted by atomic mass is 35.5. The molecule has 204 valence electrons. The maximum Gasteiger partial charge on any atom is 0.271 e. The Morgan fingerprint density at radius 1 is 1.05 bits per heavy atom. The van der Waals surface area contributed by atoms with E-state index in [1.54, 1.807) is 35.8 Å². The Morgan fingerprint density at radius 2 is 1.77 bits per heavy atom. The van der Waals surface area contributed by atoms with Gasteiger partial charge in [-0.25, -0.2) is 4.99 Å². The summed E-state index contributed by atoms with van der Waals surface area (Å²) in [6.45, 7) is 6.61. The van der Waals surface area contributed by atoms with Crippen molar-refractivity contribution >= 4 is 40.6 Å². The molecule has 0 unspecified atom stereocenters. The van der Waals surface area contributed by atoms with E-state index in [1.807, 2.05) is 68.4 Å². The van der Waals surface area contributed by atoms with E-state index in [0.717, 1.165) is 5.56 Å². The molecule has 7 nitrogen and oxygen atoms in total. The van der Waals surface area contributed by atoms with Crippen LogP contribution in [0.25, 0.3) is 6.08 Å². The van der Waals surface area contributed by atoms with Crippen LogP contribution in [0.15, 0.2) is 93.9 Å². The molecule has 0 spiro atoms. The Labute approximate surface area is 240 Å². The van der Waals surface area contributed by atoms with Crippen LogP contribution < -0.4 is 29.7 Å². The lowest BCUT2D eigenvalue weighted by Crippen LogP contribution is -2.40. The van der Waals surface area contributed by atoms with Crippen molar-refractivity contribution in [3.63, 3.8) is 0 Å². The predicted molar refractivity (Wildman–Crippen MR) is 159 cm³/mol. The Kier molecular flexibility index (Phi) is 8.19. The number of carbonyl (C=O) groups is 1. The molecule has 1 aliphatic heterocycles. The summed E-state index contributed by atoms with van der Waals surface area (Å²) in [5.41, 5.74) is 2.78. The number of ether oxygens (including phenoxy) is 2. The monoisotopic (exact) mass is 573 g/mol. The number of para-hydroxylation sites is 1. The molecule has 0 aliphatic carbocycles. The molecule has 9 heteroatoms. The normalized spacial score (nSPS) is 14.9. The third-order valence-corrected chi connectivity index (χ3v) is 7.58. The van der Waals surface area contributed by atoms with Gasteiger partial charge in [0.25, 0.3) is 11.5 Å². The van der Waals surface area contributed by atoms with Crippen LogP contribution in [-0.4, -0.2) is 23.7 Å². The second kappa shape index (κ2) is 11.9. The number of nitrogens with one attached hydrogen (secondary N) is 1. The maximum absolute atomic E-state index is 14.0.